The van der Waals surface area contributed by atoms with Crippen LogP contribution in [0, 0.1) is 0 Å². The molecule has 0 aromatic heterocycles. The largest absolute Gasteiger partial charge is 0.355 e. The molecule has 0 atom stereocenters. The minimum Gasteiger partial charge on any atom is -0.355 e. The van der Waals surface area contributed by atoms with E-state index in [0.29, 0.717) is 0 Å². The SMILES string of the molecule is [B]c1ccc(-c2ccc(-c3ccc(Nc4cccc5ccccc45)cc3)cc2)cc1. The second-order valence-electron chi connectivity index (χ2n) is 7.43. The van der Waals surface area contributed by atoms with Crippen LogP contribution in [0.3, 0.4) is 0 Å². The lowest BCUT2D eigenvalue weighted by molar-refractivity contribution is 1.56. The molecule has 0 amide bonds. The number of anilines is 2. The second-order valence-corrected chi connectivity index (χ2v) is 7.43. The molecular formula is C28H20BN. The first-order valence-corrected chi connectivity index (χ1v) is 10.1. The van der Waals surface area contributed by atoms with Gasteiger partial charge in [-0.2, -0.15) is 0 Å². The van der Waals surface area contributed by atoms with Crippen LogP contribution in [-0.2, 0) is 0 Å². The maximum Gasteiger partial charge on any atom is 0.113 e. The Kier molecular flexibility index (Phi) is 4.82. The zero-order chi connectivity index (χ0) is 20.3. The van der Waals surface area contributed by atoms with E-state index in [4.69, 9.17) is 7.85 Å². The van der Waals surface area contributed by atoms with Crippen LogP contribution < -0.4 is 10.8 Å². The monoisotopic (exact) mass is 381 g/mol. The van der Waals surface area contributed by atoms with E-state index >= 15 is 0 Å². The minimum atomic E-state index is 0.785. The fraction of sp³-hybridized carbons (Fsp3) is 0. The van der Waals surface area contributed by atoms with Crippen molar-refractivity contribution in [3.63, 3.8) is 0 Å². The fourth-order valence-electron chi connectivity index (χ4n) is 3.77. The van der Waals surface area contributed by atoms with Gasteiger partial charge < -0.3 is 5.32 Å². The van der Waals surface area contributed by atoms with Gasteiger partial charge in [0.25, 0.3) is 0 Å². The van der Waals surface area contributed by atoms with E-state index in [0.717, 1.165) is 16.8 Å². The molecule has 0 saturated carbocycles. The molecular weight excluding hydrogens is 361 g/mol. The van der Waals surface area contributed by atoms with E-state index in [9.17, 15) is 0 Å². The third kappa shape index (κ3) is 3.73. The lowest BCUT2D eigenvalue weighted by Crippen LogP contribution is -1.99. The van der Waals surface area contributed by atoms with Crippen molar-refractivity contribution in [1.29, 1.82) is 0 Å². The van der Waals surface area contributed by atoms with Gasteiger partial charge in [0.05, 0.1) is 0 Å². The van der Waals surface area contributed by atoms with Gasteiger partial charge in [-0.25, -0.2) is 0 Å². The van der Waals surface area contributed by atoms with Crippen LogP contribution in [0.4, 0.5) is 11.4 Å². The molecule has 2 heteroatoms. The highest BCUT2D eigenvalue weighted by atomic mass is 14.9. The molecule has 0 saturated heterocycles. The molecule has 5 aromatic rings. The Labute approximate surface area is 178 Å². The quantitative estimate of drug-likeness (QED) is 0.341. The van der Waals surface area contributed by atoms with Crippen molar-refractivity contribution >= 4 is 35.5 Å². The Balaban J connectivity index is 1.36. The summed E-state index contributed by atoms with van der Waals surface area (Å²) in [6.07, 6.45) is 0. The first-order valence-electron chi connectivity index (χ1n) is 10.1. The number of benzene rings is 5. The summed E-state index contributed by atoms with van der Waals surface area (Å²) < 4.78 is 0. The highest BCUT2D eigenvalue weighted by Gasteiger charge is 2.03. The Bertz CT molecular complexity index is 1280. The smallest absolute Gasteiger partial charge is 0.113 e. The summed E-state index contributed by atoms with van der Waals surface area (Å²) in [5.74, 6) is 0. The van der Waals surface area contributed by atoms with E-state index in [-0.39, 0.29) is 0 Å². The standard InChI is InChI=1S/C28H20BN/c29-25-16-12-22(13-17-25)20-8-10-21(11-9-20)23-14-18-26(19-15-23)30-28-7-3-5-24-4-1-2-6-27(24)28/h1-19,30H. The van der Waals surface area contributed by atoms with Crippen molar-refractivity contribution in [2.24, 2.45) is 0 Å². The van der Waals surface area contributed by atoms with Crippen molar-refractivity contribution in [2.75, 3.05) is 5.32 Å². The normalized spacial score (nSPS) is 10.8. The molecule has 0 unspecified atom stereocenters. The molecule has 0 aliphatic carbocycles. The number of nitrogens with one attached hydrogen (secondary N) is 1. The molecule has 5 aromatic carbocycles. The number of hydrogen-bond acceptors (Lipinski definition) is 1. The molecule has 30 heavy (non-hydrogen) atoms. The molecule has 2 radical (unpaired) electrons. The van der Waals surface area contributed by atoms with Crippen LogP contribution in [0.15, 0.2) is 115 Å². The molecule has 0 aliphatic rings. The molecule has 0 fully saturated rings. The van der Waals surface area contributed by atoms with Gasteiger partial charge in [0, 0.05) is 16.8 Å². The van der Waals surface area contributed by atoms with Gasteiger partial charge in [0.2, 0.25) is 0 Å². The maximum atomic E-state index is 5.79. The van der Waals surface area contributed by atoms with E-state index in [1.807, 2.05) is 12.1 Å². The van der Waals surface area contributed by atoms with Crippen LogP contribution in [-0.4, -0.2) is 7.85 Å². The number of fused-ring (bicyclic) bond motifs is 1. The summed E-state index contributed by atoms with van der Waals surface area (Å²) in [6, 6.07) is 40.0. The third-order valence-electron chi connectivity index (χ3n) is 5.42. The third-order valence-corrected chi connectivity index (χ3v) is 5.42. The van der Waals surface area contributed by atoms with Crippen LogP contribution in [0.25, 0.3) is 33.0 Å². The molecule has 0 spiro atoms. The van der Waals surface area contributed by atoms with Crippen LogP contribution in [0.1, 0.15) is 0 Å². The van der Waals surface area contributed by atoms with Gasteiger partial charge in [0.15, 0.2) is 0 Å². The first kappa shape index (κ1) is 18.3. The Morgan fingerprint density at radius 3 is 1.60 bits per heavy atom. The van der Waals surface area contributed by atoms with Crippen LogP contribution in [0.5, 0.6) is 0 Å². The first-order chi connectivity index (χ1) is 14.8. The zero-order valence-electron chi connectivity index (χ0n) is 16.5. The summed E-state index contributed by atoms with van der Waals surface area (Å²) in [4.78, 5) is 0. The van der Waals surface area contributed by atoms with Crippen molar-refractivity contribution in [3.8, 4) is 22.3 Å². The predicted molar refractivity (Wildman–Crippen MR) is 130 cm³/mol. The summed E-state index contributed by atoms with van der Waals surface area (Å²) in [5.41, 5.74) is 7.74. The van der Waals surface area contributed by atoms with Crippen LogP contribution >= 0.6 is 0 Å². The predicted octanol–water partition coefficient (Wildman–Crippen LogP) is 6.71. The zero-order valence-corrected chi connectivity index (χ0v) is 16.5. The van der Waals surface area contributed by atoms with E-state index in [1.165, 1.54) is 33.0 Å². The lowest BCUT2D eigenvalue weighted by atomic mass is 9.93. The van der Waals surface area contributed by atoms with Gasteiger partial charge >= 0.3 is 0 Å². The molecule has 0 heterocycles. The number of hydrogen-bond donors (Lipinski definition) is 1. The highest BCUT2D eigenvalue weighted by Crippen LogP contribution is 2.29. The van der Waals surface area contributed by atoms with Gasteiger partial charge in [0.1, 0.15) is 7.85 Å². The van der Waals surface area contributed by atoms with Gasteiger partial charge in [-0.05, 0) is 45.8 Å². The maximum absolute atomic E-state index is 5.79. The van der Waals surface area contributed by atoms with Crippen LogP contribution in [0.2, 0.25) is 0 Å². The van der Waals surface area contributed by atoms with Crippen molar-refractivity contribution < 1.29 is 0 Å². The molecule has 0 aliphatic heterocycles. The fourth-order valence-corrected chi connectivity index (χ4v) is 3.77. The number of rotatable bonds is 4. The second kappa shape index (κ2) is 7.92. The summed E-state index contributed by atoms with van der Waals surface area (Å²) >= 11 is 0. The lowest BCUT2D eigenvalue weighted by Gasteiger charge is -2.11. The molecule has 1 N–H and O–H groups in total. The van der Waals surface area contributed by atoms with E-state index < -0.39 is 0 Å². The average Bonchev–Trinajstić information content (AvgIpc) is 2.81. The molecule has 1 nitrogen and oxygen atoms in total. The molecule has 5 rings (SSSR count). The summed E-state index contributed by atoms with van der Waals surface area (Å²) in [7, 11) is 5.79. The average molecular weight is 381 g/mol. The van der Waals surface area contributed by atoms with E-state index in [2.05, 4.69) is 108 Å². The highest BCUT2D eigenvalue weighted by molar-refractivity contribution is 6.32. The summed E-state index contributed by atoms with van der Waals surface area (Å²) in [6.45, 7) is 0. The van der Waals surface area contributed by atoms with Crippen molar-refractivity contribution in [1.82, 2.24) is 0 Å². The molecule has 0 bridgehead atoms. The van der Waals surface area contributed by atoms with E-state index in [1.54, 1.807) is 0 Å². The molecule has 140 valence electrons. The summed E-state index contributed by atoms with van der Waals surface area (Å²) in [5, 5.41) is 6.01. The van der Waals surface area contributed by atoms with Gasteiger partial charge in [-0.15, -0.1) is 0 Å². The minimum absolute atomic E-state index is 0.785. The van der Waals surface area contributed by atoms with Crippen molar-refractivity contribution in [3.05, 3.63) is 115 Å². The van der Waals surface area contributed by atoms with Gasteiger partial charge in [-0.1, -0.05) is 103 Å². The Hall–Kier alpha value is -3.78. The topological polar surface area (TPSA) is 12.0 Å². The van der Waals surface area contributed by atoms with Crippen molar-refractivity contribution in [2.45, 2.75) is 0 Å². The Morgan fingerprint density at radius 2 is 0.967 bits per heavy atom. The van der Waals surface area contributed by atoms with Gasteiger partial charge in [-0.3, -0.25) is 0 Å². The Morgan fingerprint density at radius 1 is 0.467 bits per heavy atom.